The van der Waals surface area contributed by atoms with Crippen molar-refractivity contribution in [2.45, 2.75) is 13.0 Å². The number of ether oxygens (including phenoxy) is 1. The minimum atomic E-state index is -0.364. The quantitative estimate of drug-likeness (QED) is 0.921. The van der Waals surface area contributed by atoms with Crippen molar-refractivity contribution in [2.24, 2.45) is 0 Å². The topological polar surface area (TPSA) is 34.2 Å². The van der Waals surface area contributed by atoms with E-state index in [4.69, 9.17) is 4.74 Å². The Kier molecular flexibility index (Phi) is 4.50. The van der Waals surface area contributed by atoms with E-state index in [1.54, 1.807) is 18.3 Å². The lowest BCUT2D eigenvalue weighted by atomic mass is 10.1. The van der Waals surface area contributed by atoms with Crippen LogP contribution < -0.4 is 10.1 Å². The van der Waals surface area contributed by atoms with Crippen LogP contribution in [0.4, 0.5) is 4.39 Å². The van der Waals surface area contributed by atoms with Crippen molar-refractivity contribution in [3.05, 3.63) is 52.4 Å². The summed E-state index contributed by atoms with van der Waals surface area (Å²) in [4.78, 5) is 4.20. The highest BCUT2D eigenvalue weighted by atomic mass is 79.9. The van der Waals surface area contributed by atoms with Gasteiger partial charge in [0, 0.05) is 23.9 Å². The first kappa shape index (κ1) is 14.0. The Hall–Kier alpha value is -1.46. The molecule has 0 saturated heterocycles. The molecule has 2 aromatic rings. The molecule has 1 aromatic heterocycles. The third kappa shape index (κ3) is 3.30. The lowest BCUT2D eigenvalue weighted by Crippen LogP contribution is -2.13. The SMILES string of the molecule is CNC(C)c1cccnc1Oc1ccc(Br)c(F)c1. The van der Waals surface area contributed by atoms with E-state index in [0.717, 1.165) is 5.56 Å². The van der Waals surface area contributed by atoms with Gasteiger partial charge in [-0.2, -0.15) is 0 Å². The molecule has 19 heavy (non-hydrogen) atoms. The standard InChI is InChI=1S/C14H14BrFN2O/c1-9(17-2)11-4-3-7-18-14(11)19-10-5-6-12(15)13(16)8-10/h3-9,17H,1-2H3. The van der Waals surface area contributed by atoms with Crippen LogP contribution in [0, 0.1) is 5.82 Å². The summed E-state index contributed by atoms with van der Waals surface area (Å²) in [7, 11) is 1.86. The first-order valence-electron chi connectivity index (χ1n) is 5.87. The van der Waals surface area contributed by atoms with Crippen molar-refractivity contribution in [3.8, 4) is 11.6 Å². The zero-order chi connectivity index (χ0) is 13.8. The maximum atomic E-state index is 13.4. The number of hydrogen-bond acceptors (Lipinski definition) is 3. The third-order valence-electron chi connectivity index (χ3n) is 2.81. The van der Waals surface area contributed by atoms with Gasteiger partial charge >= 0.3 is 0 Å². The molecule has 5 heteroatoms. The molecule has 0 radical (unpaired) electrons. The molecule has 1 N–H and O–H groups in total. The highest BCUT2D eigenvalue weighted by Crippen LogP contribution is 2.29. The second kappa shape index (κ2) is 6.12. The van der Waals surface area contributed by atoms with Crippen LogP contribution in [0.15, 0.2) is 41.0 Å². The molecule has 1 heterocycles. The lowest BCUT2D eigenvalue weighted by molar-refractivity contribution is 0.442. The van der Waals surface area contributed by atoms with Gasteiger partial charge in [0.25, 0.3) is 0 Å². The maximum Gasteiger partial charge on any atom is 0.223 e. The Morgan fingerprint density at radius 3 is 2.84 bits per heavy atom. The van der Waals surface area contributed by atoms with E-state index in [2.05, 4.69) is 26.2 Å². The molecule has 0 aliphatic heterocycles. The second-order valence-electron chi connectivity index (χ2n) is 4.09. The number of nitrogens with zero attached hydrogens (tertiary/aromatic N) is 1. The Bertz CT molecular complexity index is 577. The number of halogens is 2. The average Bonchev–Trinajstić information content (AvgIpc) is 2.43. The van der Waals surface area contributed by atoms with E-state index in [1.165, 1.54) is 6.07 Å². The largest absolute Gasteiger partial charge is 0.439 e. The van der Waals surface area contributed by atoms with E-state index in [0.29, 0.717) is 16.1 Å². The van der Waals surface area contributed by atoms with Crippen LogP contribution in [0.2, 0.25) is 0 Å². The fourth-order valence-corrected chi connectivity index (χ4v) is 1.87. The molecule has 1 unspecified atom stereocenters. The van der Waals surface area contributed by atoms with Crippen LogP contribution in [0.25, 0.3) is 0 Å². The summed E-state index contributed by atoms with van der Waals surface area (Å²) in [5.41, 5.74) is 0.924. The van der Waals surface area contributed by atoms with Gasteiger partial charge in [-0.05, 0) is 48.1 Å². The molecule has 0 fully saturated rings. The summed E-state index contributed by atoms with van der Waals surface area (Å²) in [6.45, 7) is 2.01. The second-order valence-corrected chi connectivity index (χ2v) is 4.94. The number of nitrogens with one attached hydrogen (secondary N) is 1. The first-order valence-corrected chi connectivity index (χ1v) is 6.66. The summed E-state index contributed by atoms with van der Waals surface area (Å²) < 4.78 is 19.5. The average molecular weight is 325 g/mol. The molecule has 100 valence electrons. The Morgan fingerprint density at radius 2 is 2.16 bits per heavy atom. The summed E-state index contributed by atoms with van der Waals surface area (Å²) in [6.07, 6.45) is 1.65. The number of benzene rings is 1. The van der Waals surface area contributed by atoms with Crippen molar-refractivity contribution in [2.75, 3.05) is 7.05 Å². The molecule has 1 atom stereocenters. The van der Waals surface area contributed by atoms with Gasteiger partial charge in [-0.25, -0.2) is 9.37 Å². The van der Waals surface area contributed by atoms with Gasteiger partial charge in [0.05, 0.1) is 4.47 Å². The number of hydrogen-bond donors (Lipinski definition) is 1. The molecule has 0 aliphatic rings. The Balaban J connectivity index is 2.30. The molecule has 1 aromatic carbocycles. The zero-order valence-electron chi connectivity index (χ0n) is 10.7. The molecule has 0 amide bonds. The minimum absolute atomic E-state index is 0.101. The predicted molar refractivity (Wildman–Crippen MR) is 75.9 cm³/mol. The Labute approximate surface area is 119 Å². The van der Waals surface area contributed by atoms with Crippen molar-refractivity contribution in [3.63, 3.8) is 0 Å². The van der Waals surface area contributed by atoms with E-state index >= 15 is 0 Å². The van der Waals surface area contributed by atoms with Crippen molar-refractivity contribution in [1.82, 2.24) is 10.3 Å². The van der Waals surface area contributed by atoms with Gasteiger partial charge in [-0.1, -0.05) is 6.07 Å². The fourth-order valence-electron chi connectivity index (χ4n) is 1.63. The van der Waals surface area contributed by atoms with Gasteiger partial charge in [-0.3, -0.25) is 0 Å². The Morgan fingerprint density at radius 1 is 1.37 bits per heavy atom. The van der Waals surface area contributed by atoms with Crippen molar-refractivity contribution in [1.29, 1.82) is 0 Å². The number of aromatic nitrogens is 1. The van der Waals surface area contributed by atoms with Crippen LogP contribution >= 0.6 is 15.9 Å². The lowest BCUT2D eigenvalue weighted by Gasteiger charge is -2.15. The van der Waals surface area contributed by atoms with E-state index in [1.807, 2.05) is 26.1 Å². The van der Waals surface area contributed by atoms with Gasteiger partial charge in [0.15, 0.2) is 0 Å². The van der Waals surface area contributed by atoms with Gasteiger partial charge in [-0.15, -0.1) is 0 Å². The zero-order valence-corrected chi connectivity index (χ0v) is 12.2. The van der Waals surface area contributed by atoms with Gasteiger partial charge in [0.1, 0.15) is 11.6 Å². The summed E-state index contributed by atoms with van der Waals surface area (Å²) in [5.74, 6) is 0.534. The number of pyridine rings is 1. The highest BCUT2D eigenvalue weighted by molar-refractivity contribution is 9.10. The van der Waals surface area contributed by atoms with E-state index in [-0.39, 0.29) is 11.9 Å². The molecule has 2 rings (SSSR count). The molecule has 3 nitrogen and oxygen atoms in total. The third-order valence-corrected chi connectivity index (χ3v) is 3.45. The maximum absolute atomic E-state index is 13.4. The summed E-state index contributed by atoms with van der Waals surface area (Å²) >= 11 is 3.11. The molecular formula is C14H14BrFN2O. The van der Waals surface area contributed by atoms with E-state index in [9.17, 15) is 4.39 Å². The van der Waals surface area contributed by atoms with Gasteiger partial charge in [0.2, 0.25) is 5.88 Å². The van der Waals surface area contributed by atoms with Crippen molar-refractivity contribution >= 4 is 15.9 Å². The molecule has 0 bridgehead atoms. The van der Waals surface area contributed by atoms with E-state index < -0.39 is 0 Å². The van der Waals surface area contributed by atoms with Crippen LogP contribution in [0.5, 0.6) is 11.6 Å². The molecule has 0 aliphatic carbocycles. The smallest absolute Gasteiger partial charge is 0.223 e. The molecular weight excluding hydrogens is 311 g/mol. The summed E-state index contributed by atoms with van der Waals surface area (Å²) in [5, 5.41) is 3.13. The normalized spacial score (nSPS) is 12.2. The molecule has 0 saturated carbocycles. The predicted octanol–water partition coefficient (Wildman–Crippen LogP) is 4.06. The van der Waals surface area contributed by atoms with Crippen LogP contribution in [-0.2, 0) is 0 Å². The van der Waals surface area contributed by atoms with Crippen LogP contribution in [0.1, 0.15) is 18.5 Å². The fraction of sp³-hybridized carbons (Fsp3) is 0.214. The number of rotatable bonds is 4. The monoisotopic (exact) mass is 324 g/mol. The van der Waals surface area contributed by atoms with Crippen LogP contribution in [-0.4, -0.2) is 12.0 Å². The minimum Gasteiger partial charge on any atom is -0.439 e. The highest BCUT2D eigenvalue weighted by Gasteiger charge is 2.12. The van der Waals surface area contributed by atoms with Crippen molar-refractivity contribution < 1.29 is 9.13 Å². The van der Waals surface area contributed by atoms with Gasteiger partial charge < -0.3 is 10.1 Å². The van der Waals surface area contributed by atoms with Crippen LogP contribution in [0.3, 0.4) is 0 Å². The first-order chi connectivity index (χ1) is 9.11. The summed E-state index contributed by atoms with van der Waals surface area (Å²) in [6, 6.07) is 8.50. The molecule has 0 spiro atoms.